The fourth-order valence-corrected chi connectivity index (χ4v) is 3.21. The van der Waals surface area contributed by atoms with Crippen LogP contribution in [0.2, 0.25) is 0 Å². The number of para-hydroxylation sites is 1. The van der Waals surface area contributed by atoms with Gasteiger partial charge in [-0.15, -0.1) is 0 Å². The Morgan fingerprint density at radius 1 is 1.00 bits per heavy atom. The van der Waals surface area contributed by atoms with E-state index in [4.69, 9.17) is 4.74 Å². The number of nitrogens with zero attached hydrogens (tertiary/aromatic N) is 1. The molecule has 3 aromatic rings. The third kappa shape index (κ3) is 4.98. The van der Waals surface area contributed by atoms with Crippen LogP contribution in [-0.2, 0) is 27.3 Å². The Hall–Kier alpha value is -3.12. The second kappa shape index (κ2) is 9.19. The minimum atomic E-state index is -0.124. The van der Waals surface area contributed by atoms with Gasteiger partial charge in [-0.25, -0.2) is 0 Å². The molecule has 0 fully saturated rings. The Morgan fingerprint density at radius 3 is 2.36 bits per heavy atom. The third-order valence-corrected chi connectivity index (χ3v) is 4.52. The third-order valence-electron chi connectivity index (χ3n) is 4.52. The van der Waals surface area contributed by atoms with E-state index in [1.54, 1.807) is 31.4 Å². The highest BCUT2D eigenvalue weighted by molar-refractivity contribution is 5.93. The number of benzene rings is 2. The number of rotatable bonds is 8. The molecule has 0 aliphatic rings. The number of hydrogen-bond acceptors (Lipinski definition) is 3. The maximum absolute atomic E-state index is 12.4. The van der Waals surface area contributed by atoms with Crippen LogP contribution >= 0.6 is 0 Å². The zero-order valence-corrected chi connectivity index (χ0v) is 16.2. The SMILES string of the molecule is COCCn1cc(CCC(=O)Nc2ccc(NC(C)=O)cc2)c2ccccc21. The van der Waals surface area contributed by atoms with Gasteiger partial charge in [-0.3, -0.25) is 9.59 Å². The van der Waals surface area contributed by atoms with Crippen LogP contribution in [0.3, 0.4) is 0 Å². The molecule has 0 atom stereocenters. The summed E-state index contributed by atoms with van der Waals surface area (Å²) in [6.07, 6.45) is 3.17. The number of anilines is 2. The monoisotopic (exact) mass is 379 g/mol. The van der Waals surface area contributed by atoms with Crippen molar-refractivity contribution in [1.82, 2.24) is 4.57 Å². The molecular formula is C22H25N3O3. The summed E-state index contributed by atoms with van der Waals surface area (Å²) in [5, 5.41) is 6.78. The summed E-state index contributed by atoms with van der Waals surface area (Å²) in [4.78, 5) is 23.4. The lowest BCUT2D eigenvalue weighted by Crippen LogP contribution is -2.12. The molecule has 1 heterocycles. The molecule has 2 amide bonds. The van der Waals surface area contributed by atoms with Crippen molar-refractivity contribution in [2.45, 2.75) is 26.3 Å². The van der Waals surface area contributed by atoms with Crippen LogP contribution in [0.4, 0.5) is 11.4 Å². The molecule has 0 spiro atoms. The topological polar surface area (TPSA) is 72.4 Å². The van der Waals surface area contributed by atoms with Crippen LogP contribution in [-0.4, -0.2) is 30.1 Å². The molecule has 6 nitrogen and oxygen atoms in total. The van der Waals surface area contributed by atoms with Crippen LogP contribution in [0.5, 0.6) is 0 Å². The fourth-order valence-electron chi connectivity index (χ4n) is 3.21. The van der Waals surface area contributed by atoms with Gasteiger partial charge in [-0.1, -0.05) is 18.2 Å². The average Bonchev–Trinajstić information content (AvgIpc) is 3.04. The number of hydrogen-bond donors (Lipinski definition) is 2. The quantitative estimate of drug-likeness (QED) is 0.625. The first-order chi connectivity index (χ1) is 13.6. The van der Waals surface area contributed by atoms with Crippen molar-refractivity contribution in [3.05, 3.63) is 60.3 Å². The fraction of sp³-hybridized carbons (Fsp3) is 0.273. The lowest BCUT2D eigenvalue weighted by atomic mass is 10.1. The van der Waals surface area contributed by atoms with Crippen LogP contribution in [0.1, 0.15) is 18.9 Å². The molecule has 28 heavy (non-hydrogen) atoms. The van der Waals surface area contributed by atoms with Gasteiger partial charge in [-0.05, 0) is 42.3 Å². The van der Waals surface area contributed by atoms with Crippen molar-refractivity contribution in [1.29, 1.82) is 0 Å². The highest BCUT2D eigenvalue weighted by atomic mass is 16.5. The van der Waals surface area contributed by atoms with Gasteiger partial charge in [0.1, 0.15) is 0 Å². The first-order valence-corrected chi connectivity index (χ1v) is 9.30. The number of nitrogens with one attached hydrogen (secondary N) is 2. The van der Waals surface area contributed by atoms with Gasteiger partial charge >= 0.3 is 0 Å². The molecule has 3 rings (SSSR count). The molecule has 0 radical (unpaired) electrons. The number of carbonyl (C=O) groups excluding carboxylic acids is 2. The van der Waals surface area contributed by atoms with E-state index in [0.717, 1.165) is 17.6 Å². The van der Waals surface area contributed by atoms with Crippen LogP contribution in [0.25, 0.3) is 10.9 Å². The summed E-state index contributed by atoms with van der Waals surface area (Å²) in [7, 11) is 1.69. The second-order valence-corrected chi connectivity index (χ2v) is 6.66. The van der Waals surface area contributed by atoms with E-state index in [1.165, 1.54) is 12.3 Å². The van der Waals surface area contributed by atoms with Crippen molar-refractivity contribution in [2.75, 3.05) is 24.4 Å². The van der Waals surface area contributed by atoms with Crippen LogP contribution < -0.4 is 10.6 Å². The molecule has 0 bridgehead atoms. The van der Waals surface area contributed by atoms with E-state index >= 15 is 0 Å². The first kappa shape index (κ1) is 19.6. The predicted octanol–water partition coefficient (Wildman–Crippen LogP) is 3.82. The van der Waals surface area contributed by atoms with Gasteiger partial charge in [0.15, 0.2) is 0 Å². The summed E-state index contributed by atoms with van der Waals surface area (Å²) < 4.78 is 7.36. The smallest absolute Gasteiger partial charge is 0.224 e. The Balaban J connectivity index is 1.62. The molecule has 0 saturated carbocycles. The molecule has 0 aliphatic carbocycles. The summed E-state index contributed by atoms with van der Waals surface area (Å²) in [5.41, 5.74) is 3.72. The van der Waals surface area contributed by atoms with Crippen molar-refractivity contribution in [3.8, 4) is 0 Å². The van der Waals surface area contributed by atoms with Crippen LogP contribution in [0, 0.1) is 0 Å². The first-order valence-electron chi connectivity index (χ1n) is 9.30. The normalized spacial score (nSPS) is 10.8. The van der Waals surface area contributed by atoms with Crippen LogP contribution in [0.15, 0.2) is 54.7 Å². The molecule has 0 saturated heterocycles. The van der Waals surface area contributed by atoms with E-state index in [-0.39, 0.29) is 11.8 Å². The lowest BCUT2D eigenvalue weighted by Gasteiger charge is -2.07. The highest BCUT2D eigenvalue weighted by Crippen LogP contribution is 2.23. The van der Waals surface area contributed by atoms with Crippen molar-refractivity contribution < 1.29 is 14.3 Å². The number of aryl methyl sites for hydroxylation is 1. The second-order valence-electron chi connectivity index (χ2n) is 6.66. The van der Waals surface area contributed by atoms with Crippen molar-refractivity contribution >= 4 is 34.1 Å². The Kier molecular flexibility index (Phi) is 6.45. The Labute approximate surface area is 164 Å². The van der Waals surface area contributed by atoms with E-state index in [0.29, 0.717) is 30.8 Å². The Bertz CT molecular complexity index is 961. The molecule has 2 aromatic carbocycles. The highest BCUT2D eigenvalue weighted by Gasteiger charge is 2.10. The van der Waals surface area contributed by atoms with Gasteiger partial charge in [0.25, 0.3) is 0 Å². The molecule has 0 aliphatic heterocycles. The predicted molar refractivity (Wildman–Crippen MR) is 112 cm³/mol. The number of fused-ring (bicyclic) bond motifs is 1. The lowest BCUT2D eigenvalue weighted by molar-refractivity contribution is -0.116. The van der Waals surface area contributed by atoms with E-state index in [9.17, 15) is 9.59 Å². The van der Waals surface area contributed by atoms with Crippen molar-refractivity contribution in [2.24, 2.45) is 0 Å². The number of amides is 2. The molecule has 2 N–H and O–H groups in total. The van der Waals surface area contributed by atoms with E-state index in [1.807, 2.05) is 12.1 Å². The summed E-state index contributed by atoms with van der Waals surface area (Å²) in [6.45, 7) is 2.89. The number of ether oxygens (including phenoxy) is 1. The van der Waals surface area contributed by atoms with Crippen molar-refractivity contribution in [3.63, 3.8) is 0 Å². The zero-order chi connectivity index (χ0) is 19.9. The van der Waals surface area contributed by atoms with Gasteiger partial charge in [0.05, 0.1) is 6.61 Å². The van der Waals surface area contributed by atoms with Gasteiger partial charge in [0.2, 0.25) is 11.8 Å². The number of methoxy groups -OCH3 is 1. The summed E-state index contributed by atoms with van der Waals surface area (Å²) in [5.74, 6) is -0.164. The maximum Gasteiger partial charge on any atom is 0.224 e. The van der Waals surface area contributed by atoms with E-state index < -0.39 is 0 Å². The number of aromatic nitrogens is 1. The van der Waals surface area contributed by atoms with Gasteiger partial charge in [0, 0.05) is 55.5 Å². The minimum absolute atomic E-state index is 0.0407. The molecule has 146 valence electrons. The zero-order valence-electron chi connectivity index (χ0n) is 16.2. The maximum atomic E-state index is 12.4. The molecule has 1 aromatic heterocycles. The standard InChI is InChI=1S/C22H25N3O3/c1-16(26)23-18-8-10-19(11-9-18)24-22(27)12-7-17-15-25(13-14-28-2)21-6-4-3-5-20(17)21/h3-6,8-11,15H,7,12-14H2,1-2H3,(H,23,26)(H,24,27). The molecular weight excluding hydrogens is 354 g/mol. The van der Waals surface area contributed by atoms with Gasteiger partial charge < -0.3 is 19.9 Å². The minimum Gasteiger partial charge on any atom is -0.383 e. The molecule has 6 heteroatoms. The molecule has 0 unspecified atom stereocenters. The van der Waals surface area contributed by atoms with E-state index in [2.05, 4.69) is 33.5 Å². The largest absolute Gasteiger partial charge is 0.383 e. The average molecular weight is 379 g/mol. The van der Waals surface area contributed by atoms with Gasteiger partial charge in [-0.2, -0.15) is 0 Å². The summed E-state index contributed by atoms with van der Waals surface area (Å²) in [6, 6.07) is 15.3. The number of carbonyl (C=O) groups is 2. The Morgan fingerprint density at radius 2 is 1.68 bits per heavy atom. The summed E-state index contributed by atoms with van der Waals surface area (Å²) >= 11 is 0.